The summed E-state index contributed by atoms with van der Waals surface area (Å²) in [4.78, 5) is 27.2. The number of Topliss-reactive ketones (excluding diaryl/α,β-unsaturated/α-hetero) is 1. The van der Waals surface area contributed by atoms with Crippen LogP contribution in [-0.4, -0.2) is 46.0 Å². The van der Waals surface area contributed by atoms with E-state index in [9.17, 15) is 14.9 Å². The van der Waals surface area contributed by atoms with Crippen LogP contribution in [0.2, 0.25) is 18.1 Å². The van der Waals surface area contributed by atoms with Crippen molar-refractivity contribution in [2.75, 3.05) is 13.7 Å². The average molecular weight is 708 g/mol. The van der Waals surface area contributed by atoms with Crippen LogP contribution in [0.3, 0.4) is 0 Å². The molecule has 8 atom stereocenters. The Morgan fingerprint density at radius 2 is 1.66 bits per heavy atom. The summed E-state index contributed by atoms with van der Waals surface area (Å²) >= 11 is 0. The lowest BCUT2D eigenvalue weighted by Crippen LogP contribution is -2.46. The first-order valence-electron chi connectivity index (χ1n) is 18.9. The summed E-state index contributed by atoms with van der Waals surface area (Å²) < 4.78 is 25.0. The van der Waals surface area contributed by atoms with Gasteiger partial charge in [-0.3, -0.25) is 9.59 Å². The number of ketones is 1. The topological polar surface area (TPSA) is 94.9 Å². The normalized spacial score (nSPS) is 31.4. The number of hydrogen-bond donors (Lipinski definition) is 0. The smallest absolute Gasteiger partial charge is 0.308 e. The predicted octanol–water partition coefficient (Wildman–Crippen LogP) is 10.0. The molecule has 0 unspecified atom stereocenters. The van der Waals surface area contributed by atoms with E-state index >= 15 is 0 Å². The molecule has 50 heavy (non-hydrogen) atoms. The number of cyclic esters (lactones) is 1. The standard InChI is InChI=1S/C42H65NO6Si/c1-29-22-30(2)24-32(4)41(45)34(26-43)14-11-12-17-38(48-40(44)25-39(31(3)23-29)49-50(9,10)42(5,6)7)37-16-13-15-35(37)28-47-27-33-18-20-36(46-8)21-19-33/h11-12,14,18-21,29-32,35,37-39H,13,15-17,22-25,27-28H2,1-10H3/b12-11+,34-14+/t29-,30+,31-,32-,35-,37+,38-,39-/m0/s1. The van der Waals surface area contributed by atoms with Crippen molar-refractivity contribution in [3.8, 4) is 11.8 Å². The van der Waals surface area contributed by atoms with Gasteiger partial charge in [0, 0.05) is 18.3 Å². The minimum Gasteiger partial charge on any atom is -0.497 e. The van der Waals surface area contributed by atoms with Crippen molar-refractivity contribution in [2.45, 2.75) is 137 Å². The third-order valence-electron chi connectivity index (χ3n) is 11.4. The maximum absolute atomic E-state index is 14.0. The average Bonchev–Trinajstić information content (AvgIpc) is 3.51. The number of ether oxygens (including phenoxy) is 3. The van der Waals surface area contributed by atoms with Crippen molar-refractivity contribution in [1.29, 1.82) is 5.26 Å². The lowest BCUT2D eigenvalue weighted by molar-refractivity contribution is -0.155. The molecule has 0 spiro atoms. The zero-order valence-electron chi connectivity index (χ0n) is 32.6. The Morgan fingerprint density at radius 3 is 2.30 bits per heavy atom. The van der Waals surface area contributed by atoms with Crippen LogP contribution in [0.25, 0.3) is 0 Å². The molecule has 1 saturated carbocycles. The van der Waals surface area contributed by atoms with E-state index in [4.69, 9.17) is 18.6 Å². The fourth-order valence-electron chi connectivity index (χ4n) is 7.61. The molecule has 1 aliphatic heterocycles. The minimum atomic E-state index is -2.18. The van der Waals surface area contributed by atoms with Crippen molar-refractivity contribution in [3.63, 3.8) is 0 Å². The van der Waals surface area contributed by atoms with Gasteiger partial charge < -0.3 is 18.6 Å². The third-order valence-corrected chi connectivity index (χ3v) is 15.9. The van der Waals surface area contributed by atoms with Gasteiger partial charge in [0.05, 0.1) is 38.4 Å². The van der Waals surface area contributed by atoms with Crippen LogP contribution in [0.15, 0.2) is 48.1 Å². The van der Waals surface area contributed by atoms with E-state index in [1.165, 1.54) is 0 Å². The Balaban J connectivity index is 1.88. The molecule has 0 saturated heterocycles. The van der Waals surface area contributed by atoms with Gasteiger partial charge in [0.15, 0.2) is 14.1 Å². The quantitative estimate of drug-likeness (QED) is 0.196. The maximum atomic E-state index is 14.0. The largest absolute Gasteiger partial charge is 0.497 e. The van der Waals surface area contributed by atoms with Crippen molar-refractivity contribution < 1.29 is 28.2 Å². The number of methoxy groups -OCH3 is 1. The lowest BCUT2D eigenvalue weighted by atomic mass is 9.82. The number of benzene rings is 1. The first-order chi connectivity index (χ1) is 23.5. The zero-order valence-corrected chi connectivity index (χ0v) is 33.6. The van der Waals surface area contributed by atoms with Crippen molar-refractivity contribution in [1.82, 2.24) is 0 Å². The molecule has 0 aromatic heterocycles. The van der Waals surface area contributed by atoms with Gasteiger partial charge in [0.1, 0.15) is 17.9 Å². The van der Waals surface area contributed by atoms with Gasteiger partial charge in [-0.1, -0.05) is 79.2 Å². The summed E-state index contributed by atoms with van der Waals surface area (Å²) in [6.07, 6.45) is 11.2. The van der Waals surface area contributed by atoms with Crippen LogP contribution < -0.4 is 4.74 Å². The SMILES string of the molecule is COc1ccc(COC[C@@H]2CCC[C@H]2[C@@H]2C/C=C/C=C(\C#N)C(=O)[C@@H](C)C[C@H](C)C[C@H](C)C[C@H](C)[C@@H](O[Si](C)(C)C(C)(C)C)CC(=O)O2)cc1. The molecule has 2 aliphatic rings. The van der Waals surface area contributed by atoms with Crippen molar-refractivity contribution >= 4 is 20.1 Å². The van der Waals surface area contributed by atoms with Crippen LogP contribution in [0, 0.1) is 46.8 Å². The van der Waals surface area contributed by atoms with Gasteiger partial charge in [-0.2, -0.15) is 5.26 Å². The summed E-state index contributed by atoms with van der Waals surface area (Å²) in [5.41, 5.74) is 1.26. The Bertz CT molecular complexity index is 1340. The van der Waals surface area contributed by atoms with E-state index in [-0.39, 0.29) is 64.7 Å². The Kier molecular flexibility index (Phi) is 16.0. The number of esters is 1. The summed E-state index contributed by atoms with van der Waals surface area (Å²) in [5, 5.41) is 9.85. The number of carbonyl (C=O) groups excluding carboxylic acids is 2. The number of nitrogens with zero attached hydrogens (tertiary/aromatic N) is 1. The van der Waals surface area contributed by atoms with E-state index in [2.05, 4.69) is 60.7 Å². The fourth-order valence-corrected chi connectivity index (χ4v) is 9.04. The van der Waals surface area contributed by atoms with Crippen molar-refractivity contribution in [3.05, 3.63) is 53.6 Å². The summed E-state index contributed by atoms with van der Waals surface area (Å²) in [6, 6.07) is 10.0. The van der Waals surface area contributed by atoms with E-state index in [1.54, 1.807) is 19.3 Å². The Hall–Kier alpha value is -2.73. The molecule has 1 heterocycles. The van der Waals surface area contributed by atoms with E-state index in [0.29, 0.717) is 31.5 Å². The highest BCUT2D eigenvalue weighted by atomic mass is 28.4. The Labute approximate surface area is 304 Å². The predicted molar refractivity (Wildman–Crippen MR) is 203 cm³/mol. The van der Waals surface area contributed by atoms with E-state index < -0.39 is 8.32 Å². The number of hydrogen-bond acceptors (Lipinski definition) is 7. The first-order valence-corrected chi connectivity index (χ1v) is 21.8. The zero-order chi connectivity index (χ0) is 37.1. The Morgan fingerprint density at radius 1 is 0.980 bits per heavy atom. The summed E-state index contributed by atoms with van der Waals surface area (Å²) in [7, 11) is -0.518. The maximum Gasteiger partial charge on any atom is 0.308 e. The number of rotatable bonds is 8. The molecular formula is C42H65NO6Si. The highest BCUT2D eigenvalue weighted by molar-refractivity contribution is 6.74. The number of allylic oxidation sites excluding steroid dienone is 3. The molecule has 1 aliphatic carbocycles. The lowest BCUT2D eigenvalue weighted by Gasteiger charge is -2.41. The van der Waals surface area contributed by atoms with Gasteiger partial charge in [-0.25, -0.2) is 0 Å². The van der Waals surface area contributed by atoms with Gasteiger partial charge in [-0.15, -0.1) is 0 Å². The van der Waals surface area contributed by atoms with Crippen molar-refractivity contribution in [2.24, 2.45) is 35.5 Å². The molecule has 0 radical (unpaired) electrons. The second kappa shape index (κ2) is 19.2. The van der Waals surface area contributed by atoms with Crippen LogP contribution in [-0.2, 0) is 30.1 Å². The number of nitriles is 1. The molecule has 1 fully saturated rings. The van der Waals surface area contributed by atoms with Gasteiger partial charge in [0.25, 0.3) is 0 Å². The molecular weight excluding hydrogens is 643 g/mol. The summed E-state index contributed by atoms with van der Waals surface area (Å²) in [5.74, 6) is 1.54. The highest BCUT2D eigenvalue weighted by Gasteiger charge is 2.42. The summed E-state index contributed by atoms with van der Waals surface area (Å²) in [6.45, 7) is 20.9. The first kappa shape index (κ1) is 41.7. The fraction of sp³-hybridized carbons (Fsp3) is 0.690. The monoisotopic (exact) mass is 707 g/mol. The van der Waals surface area contributed by atoms with E-state index in [1.807, 2.05) is 37.3 Å². The molecule has 3 rings (SSSR count). The molecule has 1 aromatic carbocycles. The molecule has 0 N–H and O–H groups in total. The molecule has 0 bridgehead atoms. The number of carbonyl (C=O) groups is 2. The van der Waals surface area contributed by atoms with Crippen LogP contribution in [0.1, 0.15) is 105 Å². The minimum absolute atomic E-state index is 0.0114. The van der Waals surface area contributed by atoms with E-state index in [0.717, 1.165) is 49.8 Å². The second-order valence-electron chi connectivity index (χ2n) is 16.9. The van der Waals surface area contributed by atoms with Crippen LogP contribution >= 0.6 is 0 Å². The van der Waals surface area contributed by atoms with Gasteiger partial charge in [0.2, 0.25) is 0 Å². The molecule has 8 heteroatoms. The molecule has 1 aromatic rings. The van der Waals surface area contributed by atoms with Gasteiger partial charge >= 0.3 is 5.97 Å². The molecule has 7 nitrogen and oxygen atoms in total. The second-order valence-corrected chi connectivity index (χ2v) is 21.6. The van der Waals surface area contributed by atoms with Gasteiger partial charge in [-0.05, 0) is 97.7 Å². The third kappa shape index (κ3) is 12.5. The van der Waals surface area contributed by atoms with Crippen LogP contribution in [0.5, 0.6) is 5.75 Å². The highest BCUT2D eigenvalue weighted by Crippen LogP contribution is 2.41. The molecule has 0 amide bonds. The molecule has 278 valence electrons. The van der Waals surface area contributed by atoms with Crippen LogP contribution in [0.4, 0.5) is 0 Å².